The fourth-order valence-electron chi connectivity index (χ4n) is 1.81. The third-order valence-corrected chi connectivity index (χ3v) is 3.52. The van der Waals surface area contributed by atoms with E-state index >= 15 is 0 Å². The Labute approximate surface area is 152 Å². The van der Waals surface area contributed by atoms with E-state index in [-0.39, 0.29) is 10.9 Å². The van der Waals surface area contributed by atoms with E-state index in [2.05, 4.69) is 38.7 Å². The minimum absolute atomic E-state index is 0.0608. The van der Waals surface area contributed by atoms with Gasteiger partial charge in [0, 0.05) is 0 Å². The zero-order chi connectivity index (χ0) is 17.5. The van der Waals surface area contributed by atoms with Crippen LogP contribution >= 0.6 is 28.1 Å². The molecule has 0 bridgehead atoms. The van der Waals surface area contributed by atoms with Crippen LogP contribution in [0.3, 0.4) is 0 Å². The number of nitrogens with zero attached hydrogens (tertiary/aromatic N) is 1. The highest BCUT2D eigenvalue weighted by atomic mass is 79.9. The average Bonchev–Trinajstić information content (AvgIpc) is 2.57. The van der Waals surface area contributed by atoms with E-state index < -0.39 is 5.97 Å². The lowest BCUT2D eigenvalue weighted by atomic mass is 10.2. The minimum Gasteiger partial charge on any atom is -0.493 e. The topological polar surface area (TPSA) is 85.9 Å². The van der Waals surface area contributed by atoms with Crippen molar-refractivity contribution in [1.29, 1.82) is 0 Å². The monoisotopic (exact) mass is 407 g/mol. The molecule has 0 saturated heterocycles. The molecule has 0 spiro atoms. The summed E-state index contributed by atoms with van der Waals surface area (Å²) in [6.45, 7) is 0. The van der Waals surface area contributed by atoms with Gasteiger partial charge in [0.25, 0.3) is 0 Å². The predicted molar refractivity (Wildman–Crippen MR) is 99.6 cm³/mol. The van der Waals surface area contributed by atoms with Gasteiger partial charge < -0.3 is 15.2 Å². The van der Waals surface area contributed by atoms with Crippen molar-refractivity contribution in [1.82, 2.24) is 5.43 Å². The molecule has 2 aromatic carbocycles. The van der Waals surface area contributed by atoms with E-state index in [0.717, 1.165) is 0 Å². The van der Waals surface area contributed by atoms with Crippen LogP contribution < -0.4 is 20.6 Å². The molecule has 0 aliphatic rings. The maximum atomic E-state index is 12.2. The summed E-state index contributed by atoms with van der Waals surface area (Å²) in [6.07, 6.45) is 1.51. The van der Waals surface area contributed by atoms with Gasteiger partial charge in [-0.05, 0) is 58.0 Å². The van der Waals surface area contributed by atoms with E-state index in [1.54, 1.807) is 36.4 Å². The summed E-state index contributed by atoms with van der Waals surface area (Å²) >= 11 is 8.03. The first kappa shape index (κ1) is 17.9. The number of nitrogens with one attached hydrogen (secondary N) is 1. The molecule has 0 saturated carbocycles. The summed E-state index contributed by atoms with van der Waals surface area (Å²) in [7, 11) is 1.48. The minimum atomic E-state index is -0.480. The molecule has 6 nitrogen and oxygen atoms in total. The number of ether oxygens (including phenoxy) is 2. The van der Waals surface area contributed by atoms with E-state index in [9.17, 15) is 4.79 Å². The molecule has 0 heterocycles. The van der Waals surface area contributed by atoms with Gasteiger partial charge in [-0.25, -0.2) is 4.79 Å². The van der Waals surface area contributed by atoms with Gasteiger partial charge in [-0.1, -0.05) is 18.2 Å². The average molecular weight is 408 g/mol. The molecule has 0 unspecified atom stereocenters. The fourth-order valence-corrected chi connectivity index (χ4v) is 2.40. The third kappa shape index (κ3) is 4.77. The Morgan fingerprint density at radius 3 is 2.67 bits per heavy atom. The molecule has 2 rings (SSSR count). The highest BCUT2D eigenvalue weighted by Crippen LogP contribution is 2.36. The van der Waals surface area contributed by atoms with Gasteiger partial charge in [-0.2, -0.15) is 5.10 Å². The Kier molecular flexibility index (Phi) is 6.28. The number of rotatable bonds is 5. The lowest BCUT2D eigenvalue weighted by Crippen LogP contribution is -2.24. The van der Waals surface area contributed by atoms with Crippen molar-refractivity contribution in [2.75, 3.05) is 7.11 Å². The molecule has 24 heavy (non-hydrogen) atoms. The number of hydrazone groups is 1. The van der Waals surface area contributed by atoms with E-state index in [1.165, 1.54) is 13.3 Å². The summed E-state index contributed by atoms with van der Waals surface area (Å²) in [4.78, 5) is 12.2. The molecular weight excluding hydrogens is 394 g/mol. The van der Waals surface area contributed by atoms with Gasteiger partial charge in [0.2, 0.25) is 0 Å². The van der Waals surface area contributed by atoms with E-state index in [4.69, 9.17) is 15.2 Å². The van der Waals surface area contributed by atoms with Crippen molar-refractivity contribution >= 4 is 45.4 Å². The van der Waals surface area contributed by atoms with Crippen molar-refractivity contribution in [2.45, 2.75) is 0 Å². The molecule has 124 valence electrons. The zero-order valence-electron chi connectivity index (χ0n) is 12.7. The number of benzene rings is 2. The summed E-state index contributed by atoms with van der Waals surface area (Å²) in [6, 6.07) is 12.1. The number of hydrogen-bond acceptors (Lipinski definition) is 5. The Morgan fingerprint density at radius 1 is 1.33 bits per heavy atom. The number of thiocarbonyl (C=S) groups is 1. The van der Waals surface area contributed by atoms with Crippen molar-refractivity contribution < 1.29 is 14.3 Å². The maximum absolute atomic E-state index is 12.2. The van der Waals surface area contributed by atoms with Gasteiger partial charge in [0.05, 0.1) is 23.4 Å². The highest BCUT2D eigenvalue weighted by Gasteiger charge is 2.16. The Hall–Kier alpha value is -2.45. The zero-order valence-corrected chi connectivity index (χ0v) is 15.1. The van der Waals surface area contributed by atoms with Crippen LogP contribution in [-0.4, -0.2) is 24.4 Å². The van der Waals surface area contributed by atoms with Gasteiger partial charge in [-0.3, -0.25) is 5.43 Å². The lowest BCUT2D eigenvalue weighted by molar-refractivity contribution is 0.0728. The highest BCUT2D eigenvalue weighted by molar-refractivity contribution is 9.10. The van der Waals surface area contributed by atoms with Crippen molar-refractivity contribution in [2.24, 2.45) is 10.8 Å². The fraction of sp³-hybridized carbons (Fsp3) is 0.0625. The van der Waals surface area contributed by atoms with Crippen molar-refractivity contribution in [3.8, 4) is 11.5 Å². The van der Waals surface area contributed by atoms with Gasteiger partial charge in [-0.15, -0.1) is 0 Å². The number of carbonyl (C=O) groups excluding carboxylic acids is 1. The predicted octanol–water partition coefficient (Wildman–Crippen LogP) is 2.84. The molecule has 0 aliphatic heterocycles. The van der Waals surface area contributed by atoms with E-state index in [1.807, 2.05) is 6.07 Å². The second-order valence-corrected chi connectivity index (χ2v) is 5.82. The normalized spacial score (nSPS) is 10.4. The molecule has 3 N–H and O–H groups in total. The number of halogens is 1. The summed E-state index contributed by atoms with van der Waals surface area (Å²) < 4.78 is 11.3. The van der Waals surface area contributed by atoms with Crippen LogP contribution in [0.25, 0.3) is 0 Å². The van der Waals surface area contributed by atoms with Crippen molar-refractivity contribution in [3.05, 3.63) is 58.1 Å². The molecule has 0 aliphatic carbocycles. The summed E-state index contributed by atoms with van der Waals surface area (Å²) in [5, 5.41) is 3.93. The molecule has 8 heteroatoms. The van der Waals surface area contributed by atoms with Crippen LogP contribution in [0.5, 0.6) is 11.5 Å². The number of esters is 1. The molecule has 0 atom stereocenters. The molecule has 0 amide bonds. The van der Waals surface area contributed by atoms with Crippen molar-refractivity contribution in [3.63, 3.8) is 0 Å². The largest absolute Gasteiger partial charge is 0.493 e. The second-order valence-electron chi connectivity index (χ2n) is 4.52. The smallest absolute Gasteiger partial charge is 0.343 e. The van der Waals surface area contributed by atoms with Crippen LogP contribution in [0.4, 0.5) is 0 Å². The first-order valence-electron chi connectivity index (χ1n) is 6.74. The van der Waals surface area contributed by atoms with Crippen LogP contribution in [-0.2, 0) is 0 Å². The quantitative estimate of drug-likeness (QED) is 0.260. The summed E-state index contributed by atoms with van der Waals surface area (Å²) in [5.74, 6) is 0.183. The summed E-state index contributed by atoms with van der Waals surface area (Å²) in [5.41, 5.74) is 8.89. The van der Waals surface area contributed by atoms with E-state index in [0.29, 0.717) is 21.3 Å². The number of carbonyl (C=O) groups is 1. The number of hydrogen-bond donors (Lipinski definition) is 2. The van der Waals surface area contributed by atoms with Gasteiger partial charge in [0.15, 0.2) is 16.6 Å². The van der Waals surface area contributed by atoms with Crippen LogP contribution in [0.1, 0.15) is 15.9 Å². The molecular formula is C16H14BrN3O3S. The SMILES string of the molecule is COc1cc(/C=N/NC(N)=S)cc(Br)c1OC(=O)c1ccccc1. The maximum Gasteiger partial charge on any atom is 0.343 e. The standard InChI is InChI=1S/C16H14BrN3O3S/c1-22-13-8-10(9-19-20-16(18)24)7-12(17)14(13)23-15(21)11-5-3-2-4-6-11/h2-9H,1H3,(H3,18,20,24)/b19-9+. The third-order valence-electron chi connectivity index (χ3n) is 2.84. The Bertz CT molecular complexity index is 782. The Morgan fingerprint density at radius 2 is 2.04 bits per heavy atom. The lowest BCUT2D eigenvalue weighted by Gasteiger charge is -2.12. The van der Waals surface area contributed by atoms with Crippen LogP contribution in [0.2, 0.25) is 0 Å². The number of methoxy groups -OCH3 is 1. The first-order valence-corrected chi connectivity index (χ1v) is 7.94. The van der Waals surface area contributed by atoms with Gasteiger partial charge in [0.1, 0.15) is 0 Å². The Balaban J connectivity index is 2.25. The van der Waals surface area contributed by atoms with Crippen LogP contribution in [0, 0.1) is 0 Å². The molecule has 0 radical (unpaired) electrons. The number of nitrogens with two attached hydrogens (primary N) is 1. The van der Waals surface area contributed by atoms with Gasteiger partial charge >= 0.3 is 5.97 Å². The van der Waals surface area contributed by atoms with Crippen LogP contribution in [0.15, 0.2) is 52.0 Å². The first-order chi connectivity index (χ1) is 11.5. The molecule has 2 aromatic rings. The molecule has 0 aromatic heterocycles. The molecule has 0 fully saturated rings. The second kappa shape index (κ2) is 8.42.